The Morgan fingerprint density at radius 1 is 1.14 bits per heavy atom. The van der Waals surface area contributed by atoms with Gasteiger partial charge in [-0.25, -0.2) is 12.7 Å². The summed E-state index contributed by atoms with van der Waals surface area (Å²) >= 11 is 6.00. The van der Waals surface area contributed by atoms with Crippen LogP contribution in [0.4, 0.5) is 5.69 Å². The first-order valence-corrected chi connectivity index (χ1v) is 10.9. The van der Waals surface area contributed by atoms with Crippen molar-refractivity contribution < 1.29 is 18.0 Å². The number of aryl methyl sites for hydroxylation is 1. The molecule has 1 aliphatic carbocycles. The molecule has 1 N–H and O–H groups in total. The Morgan fingerprint density at radius 2 is 1.89 bits per heavy atom. The van der Waals surface area contributed by atoms with Crippen LogP contribution in [-0.2, 0) is 34.1 Å². The Morgan fingerprint density at radius 3 is 2.64 bits per heavy atom. The van der Waals surface area contributed by atoms with E-state index in [1.807, 2.05) is 0 Å². The molecule has 0 spiro atoms. The van der Waals surface area contributed by atoms with Gasteiger partial charge in [0.25, 0.3) is 15.9 Å². The Hall–Kier alpha value is -2.38. The molecule has 2 aliphatic rings. The van der Waals surface area contributed by atoms with E-state index in [-0.39, 0.29) is 11.3 Å². The average molecular weight is 419 g/mol. The molecule has 6 nitrogen and oxygen atoms in total. The van der Waals surface area contributed by atoms with Crippen molar-refractivity contribution in [3.63, 3.8) is 0 Å². The molecular formula is C20H19ClN2O4S. The molecule has 0 aromatic heterocycles. The summed E-state index contributed by atoms with van der Waals surface area (Å²) in [5, 5.41) is 3.29. The van der Waals surface area contributed by atoms with Gasteiger partial charge in [0.2, 0.25) is 5.91 Å². The molecule has 2 aromatic carbocycles. The molecule has 2 amide bonds. The van der Waals surface area contributed by atoms with Crippen molar-refractivity contribution in [2.24, 2.45) is 0 Å². The van der Waals surface area contributed by atoms with Crippen LogP contribution in [0.2, 0.25) is 5.02 Å². The molecule has 0 bridgehead atoms. The van der Waals surface area contributed by atoms with Gasteiger partial charge in [-0.15, -0.1) is 0 Å². The highest BCUT2D eigenvalue weighted by Crippen LogP contribution is 2.36. The van der Waals surface area contributed by atoms with Crippen LogP contribution in [0.1, 0.15) is 39.9 Å². The van der Waals surface area contributed by atoms with Gasteiger partial charge in [-0.3, -0.25) is 9.59 Å². The van der Waals surface area contributed by atoms with Gasteiger partial charge in [0.15, 0.2) is 0 Å². The number of carbonyl (C=O) groups is 2. The summed E-state index contributed by atoms with van der Waals surface area (Å²) in [6.45, 7) is 0. The van der Waals surface area contributed by atoms with Gasteiger partial charge in [-0.1, -0.05) is 17.7 Å². The fraction of sp³-hybridized carbons (Fsp3) is 0.300. The number of halogens is 1. The van der Waals surface area contributed by atoms with Gasteiger partial charge in [-0.2, -0.15) is 0 Å². The van der Waals surface area contributed by atoms with Crippen LogP contribution in [0.5, 0.6) is 0 Å². The van der Waals surface area contributed by atoms with E-state index in [1.54, 1.807) is 30.3 Å². The molecule has 28 heavy (non-hydrogen) atoms. The van der Waals surface area contributed by atoms with Gasteiger partial charge in [-0.05, 0) is 66.6 Å². The molecule has 0 saturated heterocycles. The van der Waals surface area contributed by atoms with E-state index in [0.29, 0.717) is 34.7 Å². The quantitative estimate of drug-likeness (QED) is 0.811. The van der Waals surface area contributed by atoms with Gasteiger partial charge in [0.05, 0.1) is 11.3 Å². The van der Waals surface area contributed by atoms with Crippen LogP contribution in [0, 0.1) is 0 Å². The minimum Gasteiger partial charge on any atom is -0.322 e. The van der Waals surface area contributed by atoms with Crippen LogP contribution in [-0.4, -0.2) is 31.6 Å². The Bertz CT molecular complexity index is 1110. The fourth-order valence-electron chi connectivity index (χ4n) is 3.91. The summed E-state index contributed by atoms with van der Waals surface area (Å²) in [4.78, 5) is 25.6. The van der Waals surface area contributed by atoms with Gasteiger partial charge in [0, 0.05) is 23.3 Å². The van der Waals surface area contributed by atoms with E-state index >= 15 is 0 Å². The number of fused-ring (bicyclic) bond motifs is 2. The maximum absolute atomic E-state index is 13.2. The van der Waals surface area contributed by atoms with Crippen molar-refractivity contribution in [1.82, 2.24) is 4.31 Å². The molecule has 0 radical (unpaired) electrons. The summed E-state index contributed by atoms with van der Waals surface area (Å²) in [6.07, 6.45) is 3.15. The number of nitrogens with zero attached hydrogens (tertiary/aromatic N) is 1. The zero-order valence-corrected chi connectivity index (χ0v) is 16.9. The van der Waals surface area contributed by atoms with E-state index in [0.717, 1.165) is 28.3 Å². The van der Waals surface area contributed by atoms with Crippen molar-refractivity contribution >= 4 is 39.1 Å². The van der Waals surface area contributed by atoms with E-state index < -0.39 is 21.8 Å². The molecular weight excluding hydrogens is 400 g/mol. The first-order valence-electron chi connectivity index (χ1n) is 9.05. The summed E-state index contributed by atoms with van der Waals surface area (Å²) < 4.78 is 26.4. The number of carbonyl (C=O) groups excluding carboxylic acids is 2. The molecule has 4 rings (SSSR count). The lowest BCUT2D eigenvalue weighted by atomic mass is 9.84. The van der Waals surface area contributed by atoms with Crippen LogP contribution >= 0.6 is 11.6 Å². The average Bonchev–Trinajstić information content (AvgIpc) is 2.65. The number of sulfonamides is 1. The highest BCUT2D eigenvalue weighted by molar-refractivity contribution is 7.89. The normalized spacial score (nSPS) is 17.6. The van der Waals surface area contributed by atoms with Gasteiger partial charge in [0.1, 0.15) is 0 Å². The highest BCUT2D eigenvalue weighted by Gasteiger charge is 2.38. The monoisotopic (exact) mass is 418 g/mol. The smallest absolute Gasteiger partial charge is 0.266 e. The summed E-state index contributed by atoms with van der Waals surface area (Å²) in [7, 11) is -2.70. The van der Waals surface area contributed by atoms with Crippen molar-refractivity contribution in [3.05, 3.63) is 57.6 Å². The zero-order valence-electron chi connectivity index (χ0n) is 15.3. The molecule has 1 aliphatic heterocycles. The summed E-state index contributed by atoms with van der Waals surface area (Å²) in [5.41, 5.74) is 2.84. The zero-order chi connectivity index (χ0) is 20.1. The molecule has 0 unspecified atom stereocenters. The topological polar surface area (TPSA) is 83.6 Å². The Balaban J connectivity index is 1.90. The number of hydrogen-bond donors (Lipinski definition) is 1. The lowest BCUT2D eigenvalue weighted by molar-refractivity contribution is -0.125. The molecule has 0 saturated carbocycles. The number of amides is 2. The third-order valence-corrected chi connectivity index (χ3v) is 7.42. The van der Waals surface area contributed by atoms with Crippen molar-refractivity contribution in [3.8, 4) is 0 Å². The molecule has 0 atom stereocenters. The van der Waals surface area contributed by atoms with Crippen LogP contribution in [0.25, 0.3) is 0 Å². The first kappa shape index (κ1) is 19.0. The number of rotatable bonds is 2. The number of nitrogens with one attached hydrogen (secondary N) is 1. The molecule has 146 valence electrons. The van der Waals surface area contributed by atoms with E-state index in [1.165, 1.54) is 7.05 Å². The van der Waals surface area contributed by atoms with Crippen LogP contribution in [0.3, 0.4) is 0 Å². The lowest BCUT2D eigenvalue weighted by Crippen LogP contribution is -2.40. The standard InChI is InChI=1S/C20H19ClN2O4S/c1-23-18(24)11-16-17(28(23,26)27)9-12-5-2-3-8-15(12)19(16)20(25)22-14-7-4-6-13(21)10-14/h4,6-7,9-10H,2-3,5,8,11H2,1H3,(H,22,25). The van der Waals surface area contributed by atoms with Crippen molar-refractivity contribution in [2.45, 2.75) is 37.0 Å². The van der Waals surface area contributed by atoms with Crippen LogP contribution < -0.4 is 5.32 Å². The number of benzene rings is 2. The fourth-order valence-corrected chi connectivity index (χ4v) is 5.50. The largest absolute Gasteiger partial charge is 0.322 e. The minimum absolute atomic E-state index is 0.0616. The van der Waals surface area contributed by atoms with Gasteiger partial charge >= 0.3 is 0 Å². The predicted octanol–water partition coefficient (Wildman–Crippen LogP) is 3.17. The molecule has 0 fully saturated rings. The van der Waals surface area contributed by atoms with Crippen molar-refractivity contribution in [2.75, 3.05) is 12.4 Å². The minimum atomic E-state index is -3.96. The second-order valence-electron chi connectivity index (χ2n) is 7.08. The lowest BCUT2D eigenvalue weighted by Gasteiger charge is -2.30. The number of anilines is 1. The summed E-state index contributed by atoms with van der Waals surface area (Å²) in [6, 6.07) is 8.40. The van der Waals surface area contributed by atoms with Crippen molar-refractivity contribution in [1.29, 1.82) is 0 Å². The Labute approximate surface area is 168 Å². The van der Waals surface area contributed by atoms with E-state index in [2.05, 4.69) is 5.32 Å². The van der Waals surface area contributed by atoms with E-state index in [4.69, 9.17) is 11.6 Å². The SMILES string of the molecule is CN1C(=O)Cc2c(cc3c(c2C(=O)Nc2cccc(Cl)c2)CCCC3)S1(=O)=O. The van der Waals surface area contributed by atoms with Gasteiger partial charge < -0.3 is 5.32 Å². The summed E-state index contributed by atoms with van der Waals surface area (Å²) in [5.74, 6) is -0.954. The second kappa shape index (κ2) is 6.90. The molecule has 1 heterocycles. The highest BCUT2D eigenvalue weighted by atomic mass is 35.5. The molecule has 8 heteroatoms. The Kier molecular flexibility index (Phi) is 4.67. The maximum atomic E-state index is 13.2. The number of hydrogen-bond acceptors (Lipinski definition) is 4. The third kappa shape index (κ3) is 3.08. The second-order valence-corrected chi connectivity index (χ2v) is 9.45. The van der Waals surface area contributed by atoms with E-state index in [9.17, 15) is 18.0 Å². The van der Waals surface area contributed by atoms with Crippen LogP contribution in [0.15, 0.2) is 35.2 Å². The number of likely N-dealkylation sites (N-methyl/N-ethyl adjacent to an activating group) is 1. The predicted molar refractivity (Wildman–Crippen MR) is 106 cm³/mol. The third-order valence-electron chi connectivity index (χ3n) is 5.34. The molecule has 2 aromatic rings. The maximum Gasteiger partial charge on any atom is 0.266 e. The first-order chi connectivity index (χ1) is 13.3.